The van der Waals surface area contributed by atoms with E-state index in [2.05, 4.69) is 15.6 Å². The predicted molar refractivity (Wildman–Crippen MR) is 135 cm³/mol. The third-order valence-corrected chi connectivity index (χ3v) is 6.76. The van der Waals surface area contributed by atoms with Crippen LogP contribution in [0.2, 0.25) is 5.02 Å². The van der Waals surface area contributed by atoms with Crippen molar-refractivity contribution in [3.8, 4) is 0 Å². The highest BCUT2D eigenvalue weighted by molar-refractivity contribution is 14.1. The summed E-state index contributed by atoms with van der Waals surface area (Å²) in [4.78, 5) is 30.3. The quantitative estimate of drug-likeness (QED) is 0.145. The molecule has 5 nitrogen and oxygen atoms in total. The standard InChI is InChI=1S/C25H12ClF5IN3O2/c26-17-2-1-13(27)8-15(17)22-21-18(5-10-6-19(32)33-9-16(10)20(21)24(37)35-22)34-23(36)11-3-12(25(29,30)31)7-14(28)4-11/h1-9,22H,(H,34,36)(H,35,37). The summed E-state index contributed by atoms with van der Waals surface area (Å²) in [5.41, 5.74) is -1.30. The van der Waals surface area contributed by atoms with Crippen LogP contribution in [0.4, 0.5) is 27.6 Å². The molecular formula is C25H12ClF5IN3O2. The lowest BCUT2D eigenvalue weighted by molar-refractivity contribution is -0.137. The molecule has 0 fully saturated rings. The van der Waals surface area contributed by atoms with E-state index < -0.39 is 46.8 Å². The van der Waals surface area contributed by atoms with Gasteiger partial charge in [-0.1, -0.05) is 11.6 Å². The lowest BCUT2D eigenvalue weighted by atomic mass is 9.93. The second-order valence-electron chi connectivity index (χ2n) is 8.19. The molecule has 37 heavy (non-hydrogen) atoms. The molecule has 12 heteroatoms. The number of fused-ring (bicyclic) bond motifs is 3. The van der Waals surface area contributed by atoms with Crippen molar-refractivity contribution in [2.75, 3.05) is 5.32 Å². The average molecular weight is 644 g/mol. The van der Waals surface area contributed by atoms with Crippen LogP contribution in [0.5, 0.6) is 0 Å². The summed E-state index contributed by atoms with van der Waals surface area (Å²) < 4.78 is 68.2. The van der Waals surface area contributed by atoms with Crippen LogP contribution in [0.15, 0.2) is 54.7 Å². The van der Waals surface area contributed by atoms with Gasteiger partial charge in [-0.05, 0) is 76.5 Å². The van der Waals surface area contributed by atoms with Crippen molar-refractivity contribution in [3.05, 3.63) is 103 Å². The number of carbonyl (C=O) groups excluding carboxylic acids is 2. The number of amides is 2. The molecule has 1 aromatic heterocycles. The van der Waals surface area contributed by atoms with Gasteiger partial charge in [0.25, 0.3) is 11.8 Å². The Morgan fingerprint density at radius 1 is 1.05 bits per heavy atom. The molecule has 2 amide bonds. The molecule has 0 radical (unpaired) electrons. The first-order valence-electron chi connectivity index (χ1n) is 10.5. The van der Waals surface area contributed by atoms with E-state index in [0.717, 1.165) is 12.1 Å². The van der Waals surface area contributed by atoms with Crippen LogP contribution in [0.1, 0.15) is 43.4 Å². The summed E-state index contributed by atoms with van der Waals surface area (Å²) in [6.07, 6.45) is -3.40. The molecule has 188 valence electrons. The highest BCUT2D eigenvalue weighted by Crippen LogP contribution is 2.43. The fourth-order valence-electron chi connectivity index (χ4n) is 4.26. The van der Waals surface area contributed by atoms with Gasteiger partial charge in [0.15, 0.2) is 0 Å². The van der Waals surface area contributed by atoms with Crippen molar-refractivity contribution >= 4 is 62.5 Å². The molecule has 2 heterocycles. The first-order chi connectivity index (χ1) is 17.4. The number of anilines is 1. The summed E-state index contributed by atoms with van der Waals surface area (Å²) >= 11 is 8.25. The Hall–Kier alpha value is -3.32. The molecule has 0 saturated carbocycles. The number of benzene rings is 3. The third-order valence-electron chi connectivity index (χ3n) is 5.83. The molecule has 4 aromatic rings. The molecule has 1 atom stereocenters. The fourth-order valence-corrected chi connectivity index (χ4v) is 4.96. The van der Waals surface area contributed by atoms with Crippen molar-refractivity contribution in [2.45, 2.75) is 12.2 Å². The maximum absolute atomic E-state index is 14.1. The number of aromatic nitrogens is 1. The second kappa shape index (κ2) is 9.21. The van der Waals surface area contributed by atoms with Gasteiger partial charge in [0, 0.05) is 39.0 Å². The maximum Gasteiger partial charge on any atom is 0.416 e. The van der Waals surface area contributed by atoms with E-state index in [9.17, 15) is 31.5 Å². The molecule has 1 unspecified atom stereocenters. The molecule has 0 saturated heterocycles. The number of alkyl halides is 3. The van der Waals surface area contributed by atoms with Gasteiger partial charge in [-0.25, -0.2) is 13.8 Å². The Bertz CT molecular complexity index is 1630. The Morgan fingerprint density at radius 2 is 1.81 bits per heavy atom. The zero-order chi connectivity index (χ0) is 26.6. The van der Waals surface area contributed by atoms with E-state index in [4.69, 9.17) is 11.6 Å². The summed E-state index contributed by atoms with van der Waals surface area (Å²) in [5, 5.41) is 6.31. The van der Waals surface area contributed by atoms with Crippen molar-refractivity contribution in [3.63, 3.8) is 0 Å². The second-order valence-corrected chi connectivity index (χ2v) is 9.71. The molecule has 0 bridgehead atoms. The van der Waals surface area contributed by atoms with Crippen molar-refractivity contribution < 1.29 is 31.5 Å². The first-order valence-corrected chi connectivity index (χ1v) is 11.9. The fraction of sp³-hybridized carbons (Fsp3) is 0.0800. The van der Waals surface area contributed by atoms with E-state index in [1.165, 1.54) is 18.3 Å². The molecule has 5 rings (SSSR count). The van der Waals surface area contributed by atoms with Gasteiger partial charge in [-0.2, -0.15) is 13.2 Å². The number of rotatable bonds is 3. The van der Waals surface area contributed by atoms with E-state index >= 15 is 0 Å². The zero-order valence-electron chi connectivity index (χ0n) is 18.2. The minimum absolute atomic E-state index is 0.0518. The topological polar surface area (TPSA) is 71.1 Å². The molecule has 1 aliphatic rings. The summed E-state index contributed by atoms with van der Waals surface area (Å²) in [5.74, 6) is -3.46. The number of hydrogen-bond donors (Lipinski definition) is 2. The zero-order valence-corrected chi connectivity index (χ0v) is 21.1. The molecule has 0 spiro atoms. The largest absolute Gasteiger partial charge is 0.416 e. The minimum Gasteiger partial charge on any atom is -0.341 e. The third kappa shape index (κ3) is 4.73. The first kappa shape index (κ1) is 25.3. The minimum atomic E-state index is -4.87. The van der Waals surface area contributed by atoms with Gasteiger partial charge in [0.05, 0.1) is 17.2 Å². The predicted octanol–water partition coefficient (Wildman–Crippen LogP) is 6.87. The Morgan fingerprint density at radius 3 is 2.54 bits per heavy atom. The molecule has 2 N–H and O–H groups in total. The summed E-state index contributed by atoms with van der Waals surface area (Å²) in [6, 6.07) is 7.22. The van der Waals surface area contributed by atoms with Gasteiger partial charge < -0.3 is 10.6 Å². The van der Waals surface area contributed by atoms with Crippen LogP contribution in [0.25, 0.3) is 10.8 Å². The van der Waals surface area contributed by atoms with Crippen LogP contribution >= 0.6 is 34.2 Å². The number of hydrogen-bond acceptors (Lipinski definition) is 3. The molecule has 0 aliphatic carbocycles. The van der Waals surface area contributed by atoms with Crippen molar-refractivity contribution in [1.82, 2.24) is 10.3 Å². The normalized spacial score (nSPS) is 15.0. The van der Waals surface area contributed by atoms with Crippen LogP contribution in [-0.2, 0) is 6.18 Å². The lowest BCUT2D eigenvalue weighted by Crippen LogP contribution is -2.21. The highest BCUT2D eigenvalue weighted by Gasteiger charge is 2.37. The van der Waals surface area contributed by atoms with Gasteiger partial charge in [0.1, 0.15) is 15.3 Å². The number of pyridine rings is 1. The van der Waals surface area contributed by atoms with Crippen LogP contribution < -0.4 is 10.6 Å². The van der Waals surface area contributed by atoms with Gasteiger partial charge >= 0.3 is 6.18 Å². The molecule has 3 aromatic carbocycles. The van der Waals surface area contributed by atoms with Crippen molar-refractivity contribution in [1.29, 1.82) is 0 Å². The molecular weight excluding hydrogens is 632 g/mol. The Balaban J connectivity index is 1.69. The van der Waals surface area contributed by atoms with E-state index in [0.29, 0.717) is 26.6 Å². The van der Waals surface area contributed by atoms with Gasteiger partial charge in [-0.3, -0.25) is 9.59 Å². The maximum atomic E-state index is 14.1. The summed E-state index contributed by atoms with van der Waals surface area (Å²) in [6.45, 7) is 0. The number of carbonyl (C=O) groups is 2. The van der Waals surface area contributed by atoms with Gasteiger partial charge in [-0.15, -0.1) is 0 Å². The van der Waals surface area contributed by atoms with E-state index in [1.807, 2.05) is 22.6 Å². The van der Waals surface area contributed by atoms with E-state index in [-0.39, 0.29) is 33.5 Å². The van der Waals surface area contributed by atoms with Crippen molar-refractivity contribution in [2.24, 2.45) is 0 Å². The summed E-state index contributed by atoms with van der Waals surface area (Å²) in [7, 11) is 0. The average Bonchev–Trinajstić information content (AvgIpc) is 3.17. The molecule has 1 aliphatic heterocycles. The lowest BCUT2D eigenvalue weighted by Gasteiger charge is -2.19. The number of nitrogens with zero attached hydrogens (tertiary/aromatic N) is 1. The highest BCUT2D eigenvalue weighted by atomic mass is 127. The smallest absolute Gasteiger partial charge is 0.341 e. The van der Waals surface area contributed by atoms with E-state index in [1.54, 1.807) is 6.07 Å². The van der Waals surface area contributed by atoms with Crippen LogP contribution in [0, 0.1) is 15.3 Å². The van der Waals surface area contributed by atoms with Crippen LogP contribution in [-0.4, -0.2) is 16.8 Å². The Labute approximate surface area is 224 Å². The van der Waals surface area contributed by atoms with Gasteiger partial charge in [0.2, 0.25) is 0 Å². The SMILES string of the molecule is O=C(Nc1cc2cc(I)ncc2c2c1C(c1cc(F)ccc1Cl)NC2=O)c1cc(F)cc(C(F)(F)F)c1. The monoisotopic (exact) mass is 643 g/mol. The number of nitrogens with one attached hydrogen (secondary N) is 2. The number of halogens is 7. The van der Waals surface area contributed by atoms with Crippen LogP contribution in [0.3, 0.4) is 0 Å². The Kier molecular flexibility index (Phi) is 6.31.